The van der Waals surface area contributed by atoms with Gasteiger partial charge in [0.05, 0.1) is 39.4 Å². The predicted octanol–water partition coefficient (Wildman–Crippen LogP) is 3.63. The van der Waals surface area contributed by atoms with Crippen LogP contribution in [0.15, 0.2) is 37.2 Å². The highest BCUT2D eigenvalue weighted by Crippen LogP contribution is 2.57. The number of alkyl halides is 2. The van der Waals surface area contributed by atoms with Crippen molar-refractivity contribution in [2.24, 2.45) is 0 Å². The topological polar surface area (TPSA) is 98.8 Å². The number of carbonyl (C=O) groups excluding carboxylic acids is 2. The van der Waals surface area contributed by atoms with Crippen LogP contribution in [-0.4, -0.2) is 78.6 Å². The first-order chi connectivity index (χ1) is 15.3. The summed E-state index contributed by atoms with van der Waals surface area (Å²) in [6.07, 6.45) is 2.25. The van der Waals surface area contributed by atoms with Crippen LogP contribution in [0.3, 0.4) is 0 Å². The van der Waals surface area contributed by atoms with Gasteiger partial charge in [0, 0.05) is 41.6 Å². The van der Waals surface area contributed by atoms with Crippen molar-refractivity contribution in [2.45, 2.75) is 23.3 Å². The Morgan fingerprint density at radius 2 is 1.36 bits per heavy atom. The molecule has 1 saturated carbocycles. The van der Waals surface area contributed by atoms with Gasteiger partial charge in [0.15, 0.2) is 0 Å². The number of hydrogen-bond donors (Lipinski definition) is 0. The van der Waals surface area contributed by atoms with Crippen LogP contribution in [0.25, 0.3) is 0 Å². The second-order valence-corrected chi connectivity index (χ2v) is 5.86. The van der Waals surface area contributed by atoms with Crippen molar-refractivity contribution in [1.29, 1.82) is 0 Å². The Balaban J connectivity index is -0.000000368. The van der Waals surface area contributed by atoms with Crippen molar-refractivity contribution in [3.05, 3.63) is 37.2 Å². The second kappa shape index (κ2) is 18.4. The van der Waals surface area contributed by atoms with Crippen LogP contribution in [0.2, 0.25) is 0 Å². The molecular weight excluding hydrogens is 484 g/mol. The van der Waals surface area contributed by atoms with E-state index in [1.165, 1.54) is 42.7 Å². The maximum absolute atomic E-state index is 12.6. The zero-order chi connectivity index (χ0) is 26.7. The number of halogens is 5. The second-order valence-electron chi connectivity index (χ2n) is 5.26. The van der Waals surface area contributed by atoms with Gasteiger partial charge in [-0.15, -0.1) is 0 Å². The molecule has 0 bridgehead atoms. The monoisotopic (exact) mass is 512 g/mol. The van der Waals surface area contributed by atoms with Crippen LogP contribution in [0, 0.1) is 0 Å². The van der Waals surface area contributed by atoms with E-state index in [2.05, 4.69) is 25.5 Å². The van der Waals surface area contributed by atoms with E-state index in [0.29, 0.717) is 12.4 Å². The minimum atomic E-state index is -1.81. The number of methoxy groups -OCH3 is 7. The molecule has 1 aliphatic carbocycles. The summed E-state index contributed by atoms with van der Waals surface area (Å²) in [5, 5.41) is -1.81. The van der Waals surface area contributed by atoms with Crippen LogP contribution >= 0.6 is 11.6 Å². The Morgan fingerprint density at radius 3 is 1.42 bits per heavy atom. The van der Waals surface area contributed by atoms with Crippen LogP contribution in [0.4, 0.5) is 17.6 Å². The molecule has 0 saturated heterocycles. The Bertz CT molecular complexity index is 626. The zero-order valence-electron chi connectivity index (χ0n) is 19.3. The SMILES string of the molecule is C=C(F)C(=O)OC.COC(=O)C=CF.COC(C=CF)(OC)OC.COC1(OC)CC1(F)Cl. The molecule has 194 valence electrons. The molecule has 0 N–H and O–H groups in total. The minimum Gasteiger partial charge on any atom is -0.466 e. The smallest absolute Gasteiger partial charge is 0.366 e. The number of ether oxygens (including phenoxy) is 7. The van der Waals surface area contributed by atoms with Gasteiger partial charge in [-0.1, -0.05) is 18.2 Å². The van der Waals surface area contributed by atoms with Gasteiger partial charge < -0.3 is 33.2 Å². The summed E-state index contributed by atoms with van der Waals surface area (Å²) in [4.78, 5) is 19.7. The van der Waals surface area contributed by atoms with E-state index >= 15 is 0 Å². The first-order valence-corrected chi connectivity index (χ1v) is 8.88. The van der Waals surface area contributed by atoms with E-state index in [4.69, 9.17) is 25.8 Å². The van der Waals surface area contributed by atoms with E-state index in [0.717, 1.165) is 13.2 Å². The molecule has 1 aliphatic rings. The van der Waals surface area contributed by atoms with Crippen LogP contribution in [-0.2, 0) is 42.7 Å². The highest BCUT2D eigenvalue weighted by atomic mass is 35.5. The molecule has 0 amide bonds. The molecule has 0 aromatic rings. The van der Waals surface area contributed by atoms with Gasteiger partial charge >= 0.3 is 17.9 Å². The molecule has 33 heavy (non-hydrogen) atoms. The first kappa shape index (κ1) is 35.6. The van der Waals surface area contributed by atoms with E-state index in [9.17, 15) is 27.2 Å². The standard InChI is InChI=1S/C6H11FO3.C5H8ClFO2.2C4H5FO2/c1-8-6(9-2,10-3)4-5-7;1-8-5(9-2)3-4(5,6)7;1-7-4(6)2-3-5;1-3(5)4(6)7-2/h4-5H,1-3H3;3H2,1-2H3;2-3H,1H3;1H2,2H3. The molecule has 1 fully saturated rings. The van der Waals surface area contributed by atoms with E-state index < -0.39 is 34.7 Å². The van der Waals surface area contributed by atoms with Crippen molar-refractivity contribution in [2.75, 3.05) is 49.8 Å². The molecule has 0 aromatic carbocycles. The van der Waals surface area contributed by atoms with Crippen molar-refractivity contribution >= 4 is 23.5 Å². The average molecular weight is 513 g/mol. The molecule has 0 spiro atoms. The third-order valence-electron chi connectivity index (χ3n) is 3.47. The minimum absolute atomic E-state index is 0.106. The maximum atomic E-state index is 12.6. The third-order valence-corrected chi connectivity index (χ3v) is 3.90. The number of carbonyl (C=O) groups is 2. The van der Waals surface area contributed by atoms with Gasteiger partial charge in [0.2, 0.25) is 16.7 Å². The summed E-state index contributed by atoms with van der Waals surface area (Å²) in [6.45, 7) is 2.68. The summed E-state index contributed by atoms with van der Waals surface area (Å²) in [5.41, 5.74) is 0. The molecule has 0 aliphatic heterocycles. The highest BCUT2D eigenvalue weighted by Gasteiger charge is 2.71. The highest BCUT2D eigenvalue weighted by molar-refractivity contribution is 6.25. The Labute approximate surface area is 194 Å². The fraction of sp³-hybridized carbons (Fsp3) is 0.579. The van der Waals surface area contributed by atoms with Crippen molar-refractivity contribution in [3.63, 3.8) is 0 Å². The van der Waals surface area contributed by atoms with Gasteiger partial charge in [-0.2, -0.15) is 4.39 Å². The van der Waals surface area contributed by atoms with Crippen LogP contribution in [0.5, 0.6) is 0 Å². The summed E-state index contributed by atoms with van der Waals surface area (Å²) >= 11 is 5.25. The molecule has 1 atom stereocenters. The number of hydrogen-bond acceptors (Lipinski definition) is 9. The molecule has 0 heterocycles. The van der Waals surface area contributed by atoms with Crippen LogP contribution in [0.1, 0.15) is 6.42 Å². The lowest BCUT2D eigenvalue weighted by Crippen LogP contribution is -2.33. The molecule has 0 aromatic heterocycles. The first-order valence-electron chi connectivity index (χ1n) is 8.50. The van der Waals surface area contributed by atoms with E-state index in [-0.39, 0.29) is 12.8 Å². The lowest BCUT2D eigenvalue weighted by Gasteiger charge is -2.23. The maximum Gasteiger partial charge on any atom is 0.366 e. The molecule has 1 rings (SSSR count). The largest absolute Gasteiger partial charge is 0.466 e. The average Bonchev–Trinajstić information content (AvgIpc) is 3.39. The fourth-order valence-electron chi connectivity index (χ4n) is 1.54. The third kappa shape index (κ3) is 14.0. The Hall–Kier alpha value is -2.03. The quantitative estimate of drug-likeness (QED) is 0.159. The molecular formula is C19H29ClF4O9. The fourth-order valence-corrected chi connectivity index (χ4v) is 1.87. The molecule has 0 radical (unpaired) electrons. The Kier molecular flexibility index (Phi) is 19.8. The van der Waals surface area contributed by atoms with Crippen molar-refractivity contribution in [3.8, 4) is 0 Å². The van der Waals surface area contributed by atoms with Crippen molar-refractivity contribution < 1.29 is 60.3 Å². The number of esters is 2. The van der Waals surface area contributed by atoms with Crippen molar-refractivity contribution in [1.82, 2.24) is 0 Å². The predicted molar refractivity (Wildman–Crippen MR) is 110 cm³/mol. The van der Waals surface area contributed by atoms with E-state index in [1.807, 2.05) is 0 Å². The lowest BCUT2D eigenvalue weighted by molar-refractivity contribution is -0.319. The molecule has 1 unspecified atom stereocenters. The number of rotatable bonds is 8. The van der Waals surface area contributed by atoms with Gasteiger partial charge in [-0.05, 0) is 0 Å². The summed E-state index contributed by atoms with van der Waals surface area (Å²) in [7, 11) is 9.07. The van der Waals surface area contributed by atoms with Gasteiger partial charge in [0.1, 0.15) is 0 Å². The van der Waals surface area contributed by atoms with Gasteiger partial charge in [-0.25, -0.2) is 22.8 Å². The molecule has 9 nitrogen and oxygen atoms in total. The van der Waals surface area contributed by atoms with Gasteiger partial charge in [-0.3, -0.25) is 0 Å². The molecule has 14 heteroatoms. The zero-order valence-corrected chi connectivity index (χ0v) is 20.0. The summed E-state index contributed by atoms with van der Waals surface area (Å²) in [6, 6.07) is 0. The summed E-state index contributed by atoms with van der Waals surface area (Å²) in [5.74, 6) is -5.31. The lowest BCUT2D eigenvalue weighted by atomic mass is 10.5. The normalized spacial score (nSPS) is 18.1. The Morgan fingerprint density at radius 1 is 0.939 bits per heavy atom. The van der Waals surface area contributed by atoms with Crippen LogP contribution < -0.4 is 0 Å². The van der Waals surface area contributed by atoms with E-state index in [1.54, 1.807) is 0 Å². The van der Waals surface area contributed by atoms with Gasteiger partial charge in [0.25, 0.3) is 0 Å². The summed E-state index contributed by atoms with van der Waals surface area (Å²) < 4.78 is 78.0.